The minimum atomic E-state index is -0.744. The molecule has 0 spiro atoms. The van der Waals surface area contributed by atoms with Crippen molar-refractivity contribution >= 4 is 17.9 Å². The van der Waals surface area contributed by atoms with Crippen LogP contribution in [0.1, 0.15) is 28.9 Å². The number of aldehydes is 1. The van der Waals surface area contributed by atoms with E-state index in [1.807, 2.05) is 12.1 Å². The smallest absolute Gasteiger partial charge is 0.153 e. The third-order valence-corrected chi connectivity index (χ3v) is 6.36. The first-order chi connectivity index (χ1) is 17.1. The van der Waals surface area contributed by atoms with Crippen LogP contribution in [-0.2, 0) is 4.74 Å². The van der Waals surface area contributed by atoms with Crippen LogP contribution in [0.15, 0.2) is 78.9 Å². The van der Waals surface area contributed by atoms with Crippen LogP contribution < -0.4 is 4.74 Å². The van der Waals surface area contributed by atoms with Gasteiger partial charge in [0.15, 0.2) is 6.26 Å². The highest BCUT2D eigenvalue weighted by Gasteiger charge is 2.26. The summed E-state index contributed by atoms with van der Waals surface area (Å²) < 4.78 is 18.7. The molecule has 1 atom stereocenters. The van der Waals surface area contributed by atoms with Crippen molar-refractivity contribution in [1.82, 2.24) is 9.80 Å². The molecule has 0 saturated carbocycles. The van der Waals surface area contributed by atoms with E-state index in [0.29, 0.717) is 25.6 Å². The number of para-hydroxylation sites is 1. The third-order valence-electron chi connectivity index (χ3n) is 6.11. The van der Waals surface area contributed by atoms with Crippen molar-refractivity contribution < 1.29 is 15.6 Å². The van der Waals surface area contributed by atoms with Crippen molar-refractivity contribution in [1.29, 1.82) is 0 Å². The Morgan fingerprint density at radius 2 is 1.53 bits per heavy atom. The Balaban J connectivity index is 1.22. The largest absolute Gasteiger partial charge is 0.490 e. The first-order valence-corrected chi connectivity index (χ1v) is 12.1. The Kier molecular flexibility index (Phi) is 8.60. The number of nitrogens with zero attached hydrogens (tertiary/aromatic N) is 2. The Labute approximate surface area is 208 Å². The second kappa shape index (κ2) is 12.7. The van der Waals surface area contributed by atoms with Gasteiger partial charge in [0, 0.05) is 37.7 Å². The molecule has 4 rings (SSSR count). The van der Waals surface area contributed by atoms with Crippen LogP contribution in [0.2, 0.25) is 5.02 Å². The second-order valence-electron chi connectivity index (χ2n) is 8.30. The van der Waals surface area contributed by atoms with Gasteiger partial charge in [-0.05, 0) is 35.4 Å². The number of benzene rings is 3. The summed E-state index contributed by atoms with van der Waals surface area (Å²) in [4.78, 5) is 16.3. The molecule has 1 unspecified atom stereocenters. The van der Waals surface area contributed by atoms with Gasteiger partial charge in [-0.25, -0.2) is 0 Å². The predicted octanol–water partition coefficient (Wildman–Crippen LogP) is 4.96. The molecule has 3 aromatic carbocycles. The van der Waals surface area contributed by atoms with Gasteiger partial charge in [-0.1, -0.05) is 66.2 Å². The molecule has 1 aliphatic rings. The van der Waals surface area contributed by atoms with E-state index in [1.165, 1.54) is 11.1 Å². The van der Waals surface area contributed by atoms with Gasteiger partial charge in [-0.15, -0.1) is 0 Å². The highest BCUT2D eigenvalue weighted by atomic mass is 35.5. The van der Waals surface area contributed by atoms with Crippen LogP contribution in [0, 0.1) is 0 Å². The molecule has 1 aliphatic heterocycles. The molecule has 5 nitrogen and oxygen atoms in total. The second-order valence-corrected chi connectivity index (χ2v) is 8.74. The normalized spacial score (nSPS) is 16.1. The quantitative estimate of drug-likeness (QED) is 0.287. The third kappa shape index (κ3) is 6.67. The van der Waals surface area contributed by atoms with Crippen LogP contribution >= 0.6 is 11.6 Å². The number of carbonyl (C=O) groups excluding carboxylic acids is 1. The zero-order chi connectivity index (χ0) is 24.5. The molecule has 0 aromatic heterocycles. The fraction of sp³-hybridized carbons (Fsp3) is 0.321. The van der Waals surface area contributed by atoms with Gasteiger partial charge in [-0.3, -0.25) is 14.6 Å². The van der Waals surface area contributed by atoms with E-state index in [0.717, 1.165) is 37.7 Å². The standard InChI is InChI=1S/C28H31ClN2O3/c29-26-12-10-24(11-13-26)28(23-6-2-1-3-7-23)31-16-14-30(15-17-31)18-19-33-20-21-34-27-9-5-4-8-25(27)22-32/h1-13,22,28H,14-21H2/i22D. The van der Waals surface area contributed by atoms with Crippen molar-refractivity contribution in [3.8, 4) is 5.75 Å². The summed E-state index contributed by atoms with van der Waals surface area (Å²) in [6.07, 6.45) is -0.744. The van der Waals surface area contributed by atoms with Crippen LogP contribution in [0.3, 0.4) is 0 Å². The summed E-state index contributed by atoms with van der Waals surface area (Å²) in [6.45, 7) is 6.19. The Morgan fingerprint density at radius 1 is 0.853 bits per heavy atom. The molecule has 1 saturated heterocycles. The minimum Gasteiger partial charge on any atom is -0.490 e. The predicted molar refractivity (Wildman–Crippen MR) is 136 cm³/mol. The highest BCUT2D eigenvalue weighted by Crippen LogP contribution is 2.30. The summed E-state index contributed by atoms with van der Waals surface area (Å²) in [7, 11) is 0. The lowest BCUT2D eigenvalue weighted by Crippen LogP contribution is -2.48. The average molecular weight is 480 g/mol. The Bertz CT molecular complexity index is 1070. The molecule has 3 aromatic rings. The molecule has 1 fully saturated rings. The molecule has 1 heterocycles. The lowest BCUT2D eigenvalue weighted by atomic mass is 9.96. The van der Waals surface area contributed by atoms with Gasteiger partial charge in [0.25, 0.3) is 0 Å². The Morgan fingerprint density at radius 3 is 2.26 bits per heavy atom. The maximum absolute atomic E-state index is 11.4. The van der Waals surface area contributed by atoms with Crippen molar-refractivity contribution in [2.24, 2.45) is 0 Å². The number of rotatable bonds is 11. The van der Waals surface area contributed by atoms with Crippen LogP contribution in [-0.4, -0.2) is 68.6 Å². The van der Waals surface area contributed by atoms with E-state index >= 15 is 0 Å². The van der Waals surface area contributed by atoms with Crippen LogP contribution in [0.25, 0.3) is 0 Å². The average Bonchev–Trinajstić information content (AvgIpc) is 2.89. The first-order valence-electron chi connectivity index (χ1n) is 12.2. The van der Waals surface area contributed by atoms with Crippen LogP contribution in [0.5, 0.6) is 5.75 Å². The van der Waals surface area contributed by atoms with Crippen molar-refractivity contribution in [2.75, 3.05) is 52.5 Å². The van der Waals surface area contributed by atoms with Crippen LogP contribution in [0.4, 0.5) is 0 Å². The zero-order valence-electron chi connectivity index (χ0n) is 20.2. The molecule has 0 radical (unpaired) electrons. The molecular weight excluding hydrogens is 448 g/mol. The molecular formula is C28H31ClN2O3. The lowest BCUT2D eigenvalue weighted by Gasteiger charge is -2.39. The summed E-state index contributed by atoms with van der Waals surface area (Å²) in [5, 5.41) is 0.755. The molecule has 34 heavy (non-hydrogen) atoms. The highest BCUT2D eigenvalue weighted by molar-refractivity contribution is 6.30. The van der Waals surface area contributed by atoms with Crippen molar-refractivity contribution in [2.45, 2.75) is 6.04 Å². The van der Waals surface area contributed by atoms with Crippen molar-refractivity contribution in [3.05, 3.63) is 101 Å². The van der Waals surface area contributed by atoms with E-state index in [1.54, 1.807) is 24.3 Å². The van der Waals surface area contributed by atoms with Gasteiger partial charge in [0.05, 0.1) is 24.8 Å². The van der Waals surface area contributed by atoms with E-state index in [4.69, 9.17) is 22.4 Å². The van der Waals surface area contributed by atoms with Gasteiger partial charge < -0.3 is 9.47 Å². The fourth-order valence-corrected chi connectivity index (χ4v) is 4.45. The molecule has 0 aliphatic carbocycles. The topological polar surface area (TPSA) is 42.0 Å². The number of piperazine rings is 1. The first kappa shape index (κ1) is 23.1. The Hall–Kier alpha value is -2.70. The maximum atomic E-state index is 11.4. The van der Waals surface area contributed by atoms with E-state index in [9.17, 15) is 4.79 Å². The van der Waals surface area contributed by atoms with E-state index in [2.05, 4.69) is 52.3 Å². The lowest BCUT2D eigenvalue weighted by molar-refractivity contribution is 0.0555. The van der Waals surface area contributed by atoms with Gasteiger partial charge in [0.1, 0.15) is 13.7 Å². The monoisotopic (exact) mass is 479 g/mol. The summed E-state index contributed by atoms with van der Waals surface area (Å²) >= 11 is 6.14. The minimum absolute atomic E-state index is 0.211. The molecule has 0 N–H and O–H groups in total. The fourth-order valence-electron chi connectivity index (χ4n) is 4.32. The number of hydrogen-bond acceptors (Lipinski definition) is 5. The molecule has 6 heteroatoms. The molecule has 178 valence electrons. The van der Waals surface area contributed by atoms with E-state index in [-0.39, 0.29) is 11.6 Å². The number of ether oxygens (including phenoxy) is 2. The summed E-state index contributed by atoms with van der Waals surface area (Å²) in [5.41, 5.74) is 2.82. The van der Waals surface area contributed by atoms with Crippen molar-refractivity contribution in [3.63, 3.8) is 0 Å². The van der Waals surface area contributed by atoms with Gasteiger partial charge in [-0.2, -0.15) is 0 Å². The van der Waals surface area contributed by atoms with E-state index < -0.39 is 6.26 Å². The van der Waals surface area contributed by atoms with Gasteiger partial charge >= 0.3 is 0 Å². The summed E-state index contributed by atoms with van der Waals surface area (Å²) in [5.74, 6) is 0.431. The van der Waals surface area contributed by atoms with Gasteiger partial charge in [0.2, 0.25) is 0 Å². The molecule has 0 bridgehead atoms. The summed E-state index contributed by atoms with van der Waals surface area (Å²) in [6, 6.07) is 25.8. The number of carbonyl (C=O) groups is 1. The number of halogens is 1. The maximum Gasteiger partial charge on any atom is 0.153 e. The molecule has 0 amide bonds. The zero-order valence-corrected chi connectivity index (χ0v) is 20.0. The SMILES string of the molecule is [2H]C(=O)c1ccccc1OCCOCCN1CCN(C(c2ccccc2)c2ccc(Cl)cc2)CC1. The number of hydrogen-bond donors (Lipinski definition) is 0.